The summed E-state index contributed by atoms with van der Waals surface area (Å²) in [5.41, 5.74) is 2.24. The highest BCUT2D eigenvalue weighted by Crippen LogP contribution is 2.30. The Labute approximate surface area is 103 Å². The second kappa shape index (κ2) is 6.97. The van der Waals surface area contributed by atoms with Gasteiger partial charge < -0.3 is 14.8 Å². The van der Waals surface area contributed by atoms with E-state index in [-0.39, 0.29) is 0 Å². The second-order valence-corrected chi connectivity index (χ2v) is 3.88. The van der Waals surface area contributed by atoms with Crippen LogP contribution in [0.5, 0.6) is 11.5 Å². The predicted octanol–water partition coefficient (Wildman–Crippen LogP) is 2.72. The number of hydrogen-bond acceptors (Lipinski definition) is 3. The van der Waals surface area contributed by atoms with Crippen LogP contribution in [0.25, 0.3) is 5.57 Å². The van der Waals surface area contributed by atoms with E-state index >= 15 is 0 Å². The molecule has 3 heteroatoms. The Kier molecular flexibility index (Phi) is 5.57. The van der Waals surface area contributed by atoms with Crippen LogP contribution >= 0.6 is 0 Å². The number of nitrogens with one attached hydrogen (secondary N) is 1. The van der Waals surface area contributed by atoms with E-state index in [1.165, 1.54) is 0 Å². The molecule has 0 heterocycles. The number of ether oxygens (including phenoxy) is 2. The van der Waals surface area contributed by atoms with Crippen LogP contribution in [0.1, 0.15) is 18.4 Å². The minimum Gasteiger partial charge on any atom is -0.493 e. The molecule has 0 aromatic heterocycles. The van der Waals surface area contributed by atoms with Gasteiger partial charge in [0.05, 0.1) is 14.2 Å². The molecule has 0 aliphatic rings. The van der Waals surface area contributed by atoms with Gasteiger partial charge in [-0.15, -0.1) is 0 Å². The quantitative estimate of drug-likeness (QED) is 0.737. The van der Waals surface area contributed by atoms with Gasteiger partial charge in [0, 0.05) is 0 Å². The van der Waals surface area contributed by atoms with E-state index in [2.05, 4.69) is 11.9 Å². The average Bonchev–Trinajstić information content (AvgIpc) is 2.38. The van der Waals surface area contributed by atoms with E-state index in [4.69, 9.17) is 9.47 Å². The molecular formula is C14H21NO2. The Morgan fingerprint density at radius 2 is 1.94 bits per heavy atom. The Balaban J connectivity index is 2.74. The molecule has 1 aromatic carbocycles. The first kappa shape index (κ1) is 13.6. The highest BCUT2D eigenvalue weighted by Gasteiger charge is 2.06. The molecule has 0 spiro atoms. The van der Waals surface area contributed by atoms with Crippen molar-refractivity contribution in [3.8, 4) is 11.5 Å². The van der Waals surface area contributed by atoms with Crippen LogP contribution in [-0.4, -0.2) is 27.8 Å². The summed E-state index contributed by atoms with van der Waals surface area (Å²) in [4.78, 5) is 0. The van der Waals surface area contributed by atoms with Crippen LogP contribution in [0.4, 0.5) is 0 Å². The Morgan fingerprint density at radius 1 is 1.24 bits per heavy atom. The van der Waals surface area contributed by atoms with Gasteiger partial charge in [-0.05, 0) is 49.7 Å². The zero-order chi connectivity index (χ0) is 12.7. The van der Waals surface area contributed by atoms with Gasteiger partial charge in [0.2, 0.25) is 0 Å². The fourth-order valence-corrected chi connectivity index (χ4v) is 1.68. The molecule has 0 aliphatic heterocycles. The molecule has 0 bridgehead atoms. The second-order valence-electron chi connectivity index (χ2n) is 3.88. The summed E-state index contributed by atoms with van der Waals surface area (Å²) in [6.45, 7) is 5.11. The van der Waals surface area contributed by atoms with Crippen LogP contribution in [0.2, 0.25) is 0 Å². The van der Waals surface area contributed by atoms with Crippen LogP contribution in [0.15, 0.2) is 24.8 Å². The molecule has 0 atom stereocenters. The number of rotatable bonds is 7. The van der Waals surface area contributed by atoms with Gasteiger partial charge in [0.15, 0.2) is 11.5 Å². The maximum absolute atomic E-state index is 5.27. The summed E-state index contributed by atoms with van der Waals surface area (Å²) >= 11 is 0. The summed E-state index contributed by atoms with van der Waals surface area (Å²) in [5, 5.41) is 3.13. The predicted molar refractivity (Wildman–Crippen MR) is 71.7 cm³/mol. The van der Waals surface area contributed by atoms with Crippen molar-refractivity contribution < 1.29 is 9.47 Å². The summed E-state index contributed by atoms with van der Waals surface area (Å²) < 4.78 is 10.5. The van der Waals surface area contributed by atoms with E-state index < -0.39 is 0 Å². The smallest absolute Gasteiger partial charge is 0.161 e. The largest absolute Gasteiger partial charge is 0.493 e. The maximum Gasteiger partial charge on any atom is 0.161 e. The van der Waals surface area contributed by atoms with E-state index in [1.54, 1.807) is 14.2 Å². The highest BCUT2D eigenvalue weighted by molar-refractivity contribution is 5.66. The molecule has 1 N–H and O–H groups in total. The fraction of sp³-hybridized carbons (Fsp3) is 0.429. The summed E-state index contributed by atoms with van der Waals surface area (Å²) in [7, 11) is 5.24. The van der Waals surface area contributed by atoms with E-state index in [1.807, 2.05) is 25.2 Å². The molecule has 0 aliphatic carbocycles. The zero-order valence-corrected chi connectivity index (χ0v) is 10.9. The lowest BCUT2D eigenvalue weighted by atomic mass is 10.0. The van der Waals surface area contributed by atoms with Crippen molar-refractivity contribution in [2.75, 3.05) is 27.8 Å². The Hall–Kier alpha value is -1.48. The van der Waals surface area contributed by atoms with Gasteiger partial charge in [-0.1, -0.05) is 12.6 Å². The van der Waals surface area contributed by atoms with Crippen LogP contribution in [-0.2, 0) is 0 Å². The van der Waals surface area contributed by atoms with Gasteiger partial charge in [0.25, 0.3) is 0 Å². The van der Waals surface area contributed by atoms with Gasteiger partial charge in [-0.3, -0.25) is 0 Å². The number of hydrogen-bond donors (Lipinski definition) is 1. The van der Waals surface area contributed by atoms with Crippen LogP contribution in [0, 0.1) is 0 Å². The van der Waals surface area contributed by atoms with E-state index in [9.17, 15) is 0 Å². The van der Waals surface area contributed by atoms with E-state index in [0.717, 1.165) is 42.0 Å². The van der Waals surface area contributed by atoms with Crippen molar-refractivity contribution in [3.05, 3.63) is 30.3 Å². The average molecular weight is 235 g/mol. The fourth-order valence-electron chi connectivity index (χ4n) is 1.68. The lowest BCUT2D eigenvalue weighted by Crippen LogP contribution is -2.07. The molecule has 0 fully saturated rings. The third kappa shape index (κ3) is 3.79. The number of allylic oxidation sites excluding steroid dienone is 1. The summed E-state index contributed by atoms with van der Waals surface area (Å²) in [6, 6.07) is 5.90. The molecule has 0 unspecified atom stereocenters. The van der Waals surface area contributed by atoms with Gasteiger partial charge in [-0.25, -0.2) is 0 Å². The highest BCUT2D eigenvalue weighted by atomic mass is 16.5. The minimum atomic E-state index is 0.749. The molecule has 0 saturated carbocycles. The van der Waals surface area contributed by atoms with Crippen molar-refractivity contribution in [2.24, 2.45) is 0 Å². The van der Waals surface area contributed by atoms with Crippen LogP contribution in [0.3, 0.4) is 0 Å². The summed E-state index contributed by atoms with van der Waals surface area (Å²) in [6.07, 6.45) is 2.07. The van der Waals surface area contributed by atoms with Crippen molar-refractivity contribution in [3.63, 3.8) is 0 Å². The molecule has 1 rings (SSSR count). The van der Waals surface area contributed by atoms with Crippen molar-refractivity contribution >= 4 is 5.57 Å². The van der Waals surface area contributed by atoms with Crippen molar-refractivity contribution in [2.45, 2.75) is 12.8 Å². The lowest BCUT2D eigenvalue weighted by molar-refractivity contribution is 0.355. The van der Waals surface area contributed by atoms with Crippen LogP contribution < -0.4 is 14.8 Å². The van der Waals surface area contributed by atoms with E-state index in [0.29, 0.717) is 0 Å². The first-order valence-corrected chi connectivity index (χ1v) is 5.77. The third-order valence-electron chi connectivity index (χ3n) is 2.70. The van der Waals surface area contributed by atoms with Crippen molar-refractivity contribution in [1.29, 1.82) is 0 Å². The van der Waals surface area contributed by atoms with Gasteiger partial charge in [0.1, 0.15) is 0 Å². The standard InChI is InChI=1S/C14H21NO2/c1-11(6-5-9-15-2)12-7-8-13(16-3)14(10-12)17-4/h7-8,10,15H,1,5-6,9H2,2-4H3. The monoisotopic (exact) mass is 235 g/mol. The molecule has 0 amide bonds. The third-order valence-corrected chi connectivity index (χ3v) is 2.70. The molecule has 94 valence electrons. The topological polar surface area (TPSA) is 30.5 Å². The lowest BCUT2D eigenvalue weighted by Gasteiger charge is -2.11. The Morgan fingerprint density at radius 3 is 2.53 bits per heavy atom. The van der Waals surface area contributed by atoms with Gasteiger partial charge in [-0.2, -0.15) is 0 Å². The maximum atomic E-state index is 5.27. The normalized spacial score (nSPS) is 10.1. The zero-order valence-electron chi connectivity index (χ0n) is 10.9. The first-order valence-electron chi connectivity index (χ1n) is 5.77. The first-order chi connectivity index (χ1) is 8.22. The number of benzene rings is 1. The number of methoxy groups -OCH3 is 2. The molecule has 1 aromatic rings. The molecular weight excluding hydrogens is 214 g/mol. The van der Waals surface area contributed by atoms with Gasteiger partial charge >= 0.3 is 0 Å². The SMILES string of the molecule is C=C(CCCNC)c1ccc(OC)c(OC)c1. The molecule has 3 nitrogen and oxygen atoms in total. The Bertz CT molecular complexity index is 374. The summed E-state index contributed by atoms with van der Waals surface area (Å²) in [5.74, 6) is 1.50. The molecule has 0 radical (unpaired) electrons. The van der Waals surface area contributed by atoms with Crippen molar-refractivity contribution in [1.82, 2.24) is 5.32 Å². The molecule has 17 heavy (non-hydrogen) atoms. The minimum absolute atomic E-state index is 0.749. The molecule has 0 saturated heterocycles.